The van der Waals surface area contributed by atoms with Crippen molar-refractivity contribution < 1.29 is 28.9 Å². The third-order valence-corrected chi connectivity index (χ3v) is 9.71. The van der Waals surface area contributed by atoms with Gasteiger partial charge in [-0.3, -0.25) is 14.4 Å². The Balaban J connectivity index is 1.30. The van der Waals surface area contributed by atoms with Crippen LogP contribution >= 0.6 is 0 Å². The minimum absolute atomic E-state index is 0.00831. The number of ether oxygens (including phenoxy) is 3. The van der Waals surface area contributed by atoms with E-state index in [1.807, 2.05) is 6.08 Å². The van der Waals surface area contributed by atoms with Crippen molar-refractivity contribution in [3.63, 3.8) is 0 Å². The van der Waals surface area contributed by atoms with Gasteiger partial charge in [-0.2, -0.15) is 0 Å². The zero-order valence-corrected chi connectivity index (χ0v) is 28.0. The minimum Gasteiger partial charge on any atom is -0.493 e. The van der Waals surface area contributed by atoms with Crippen LogP contribution in [-0.2, 0) is 36.1 Å². The number of ketones is 2. The van der Waals surface area contributed by atoms with Gasteiger partial charge in [0.1, 0.15) is 18.1 Å². The molecule has 0 spiro atoms. The second-order valence-corrected chi connectivity index (χ2v) is 12.4. The fourth-order valence-corrected chi connectivity index (χ4v) is 7.32. The Kier molecular flexibility index (Phi) is 8.26. The number of nitrogens with zero attached hydrogens (tertiary/aromatic N) is 5. The summed E-state index contributed by atoms with van der Waals surface area (Å²) >= 11 is 0. The van der Waals surface area contributed by atoms with E-state index in [1.54, 1.807) is 50.4 Å². The summed E-state index contributed by atoms with van der Waals surface area (Å²) in [4.78, 5) is 73.0. The number of methoxy groups -OCH3 is 2. The van der Waals surface area contributed by atoms with Gasteiger partial charge in [-0.25, -0.2) is 28.5 Å². The molecule has 2 aromatic heterocycles. The molecule has 1 aliphatic heterocycles. The lowest BCUT2D eigenvalue weighted by Crippen LogP contribution is -2.41. The molecule has 3 aliphatic rings. The first-order chi connectivity index (χ1) is 24.1. The predicted octanol–water partition coefficient (Wildman–Crippen LogP) is 1.75. The van der Waals surface area contributed by atoms with E-state index in [4.69, 9.17) is 14.2 Å². The van der Waals surface area contributed by atoms with Crippen LogP contribution in [0.3, 0.4) is 0 Å². The number of carbonyl (C=O) groups is 2. The van der Waals surface area contributed by atoms with E-state index in [2.05, 4.69) is 4.98 Å². The van der Waals surface area contributed by atoms with Gasteiger partial charge in [-0.05, 0) is 24.6 Å². The van der Waals surface area contributed by atoms with Gasteiger partial charge in [0.05, 0.1) is 44.4 Å². The minimum atomic E-state index is -0.752. The number of hydrogen-bond acceptors (Lipinski definition) is 10. The summed E-state index contributed by atoms with van der Waals surface area (Å²) in [5.74, 6) is -0.0240. The fraction of sp³-hybridized carbons (Fsp3) is 0.333. The molecular formula is C36H35N5O9. The molecule has 0 fully saturated rings. The molecule has 0 saturated heterocycles. The standard InChI is InChI=1S/C36H35N5O9/c1-19-15-27(43)22-16-25-20(31(32(22)33(19)44)21-7-5-6-8-28(21)50-14-13-42)9-12-40-35(46)39(36(47)41(25)40)11-10-23-34(45)38(2)26-18-30(49-4)29(48-3)17-24(26)37-23/h5-9,15,17-18,25,31,42H,10-14,16H2,1-4H3/t25-,31-/m1/s1. The molecular weight excluding hydrogens is 646 g/mol. The highest BCUT2D eigenvalue weighted by Crippen LogP contribution is 2.51. The highest BCUT2D eigenvalue weighted by atomic mass is 16.5. The number of allylic oxidation sites excluding steroid dienone is 6. The van der Waals surface area contributed by atoms with Crippen molar-refractivity contribution in [3.8, 4) is 17.2 Å². The van der Waals surface area contributed by atoms with Crippen LogP contribution in [-0.4, -0.2) is 67.6 Å². The Morgan fingerprint density at radius 2 is 1.72 bits per heavy atom. The van der Waals surface area contributed by atoms with E-state index in [9.17, 15) is 29.1 Å². The summed E-state index contributed by atoms with van der Waals surface area (Å²) in [5, 5.41) is 9.46. The summed E-state index contributed by atoms with van der Waals surface area (Å²) in [6.45, 7) is 1.31. The van der Waals surface area contributed by atoms with Gasteiger partial charge in [-0.15, -0.1) is 0 Å². The van der Waals surface area contributed by atoms with Crippen LogP contribution in [0.4, 0.5) is 0 Å². The zero-order valence-electron chi connectivity index (χ0n) is 28.0. The van der Waals surface area contributed by atoms with Gasteiger partial charge < -0.3 is 23.9 Å². The highest BCUT2D eigenvalue weighted by molar-refractivity contribution is 6.23. The Morgan fingerprint density at radius 1 is 0.980 bits per heavy atom. The third-order valence-electron chi connectivity index (χ3n) is 9.71. The molecule has 7 rings (SSSR count). The van der Waals surface area contributed by atoms with Crippen LogP contribution < -0.4 is 31.1 Å². The lowest BCUT2D eigenvalue weighted by molar-refractivity contribution is -0.116. The van der Waals surface area contributed by atoms with Crippen molar-refractivity contribution in [3.05, 3.63) is 113 Å². The lowest BCUT2D eigenvalue weighted by Gasteiger charge is -2.40. The molecule has 0 radical (unpaired) electrons. The molecule has 3 heterocycles. The van der Waals surface area contributed by atoms with Crippen molar-refractivity contribution in [2.75, 3.05) is 27.4 Å². The average molecular weight is 682 g/mol. The van der Waals surface area contributed by atoms with Gasteiger partial charge in [0, 0.05) is 66.8 Å². The van der Waals surface area contributed by atoms with E-state index in [1.165, 1.54) is 34.2 Å². The number of carbonyl (C=O) groups excluding carboxylic acids is 2. The first-order valence-electron chi connectivity index (χ1n) is 16.2. The van der Waals surface area contributed by atoms with Gasteiger partial charge >= 0.3 is 11.4 Å². The number of hydrogen-bond donors (Lipinski definition) is 1. The quantitative estimate of drug-likeness (QED) is 0.203. The molecule has 0 saturated carbocycles. The maximum absolute atomic E-state index is 14.1. The number of rotatable bonds is 9. The number of aliphatic hydroxyl groups excluding tert-OH is 1. The average Bonchev–Trinajstić information content (AvgIpc) is 3.37. The van der Waals surface area contributed by atoms with Crippen molar-refractivity contribution in [2.24, 2.45) is 7.05 Å². The summed E-state index contributed by atoms with van der Waals surface area (Å²) in [6, 6.07) is 9.66. The topological polar surface area (TPSA) is 166 Å². The van der Waals surface area contributed by atoms with Crippen molar-refractivity contribution in [1.29, 1.82) is 0 Å². The van der Waals surface area contributed by atoms with Crippen molar-refractivity contribution in [2.45, 2.75) is 44.8 Å². The molecule has 1 N–H and O–H groups in total. The Hall–Kier alpha value is -5.76. The van der Waals surface area contributed by atoms with E-state index >= 15 is 0 Å². The second kappa shape index (κ2) is 12.6. The summed E-state index contributed by atoms with van der Waals surface area (Å²) in [6.07, 6.45) is 3.17. The lowest BCUT2D eigenvalue weighted by atomic mass is 9.67. The molecule has 14 heteroatoms. The van der Waals surface area contributed by atoms with Crippen molar-refractivity contribution >= 4 is 22.6 Å². The van der Waals surface area contributed by atoms with Gasteiger partial charge in [-0.1, -0.05) is 24.3 Å². The summed E-state index contributed by atoms with van der Waals surface area (Å²) in [5.41, 5.74) is 1.81. The molecule has 2 aromatic carbocycles. The fourth-order valence-electron chi connectivity index (χ4n) is 7.32. The number of benzene rings is 2. The Bertz CT molecular complexity index is 2390. The van der Waals surface area contributed by atoms with Gasteiger partial charge in [0.2, 0.25) is 0 Å². The van der Waals surface area contributed by atoms with E-state index in [0.29, 0.717) is 50.6 Å². The monoisotopic (exact) mass is 681 g/mol. The Labute approximate surface area is 284 Å². The number of aromatic nitrogens is 5. The molecule has 0 bridgehead atoms. The van der Waals surface area contributed by atoms with Crippen LogP contribution in [0.2, 0.25) is 0 Å². The maximum Gasteiger partial charge on any atom is 0.347 e. The van der Waals surface area contributed by atoms with Gasteiger partial charge in [0.15, 0.2) is 23.1 Å². The maximum atomic E-state index is 14.1. The first kappa shape index (κ1) is 32.8. The third kappa shape index (κ3) is 5.05. The number of fused-ring (bicyclic) bond motifs is 4. The second-order valence-electron chi connectivity index (χ2n) is 12.4. The number of aliphatic hydroxyl groups is 1. The number of para-hydroxylation sites is 1. The number of Topliss-reactive ketones (excluding diaryl/α,β-unsaturated/α-hetero) is 1. The molecule has 2 aliphatic carbocycles. The smallest absolute Gasteiger partial charge is 0.347 e. The van der Waals surface area contributed by atoms with Crippen molar-refractivity contribution in [1.82, 2.24) is 23.5 Å². The summed E-state index contributed by atoms with van der Waals surface area (Å²) < 4.78 is 21.8. The largest absolute Gasteiger partial charge is 0.493 e. The van der Waals surface area contributed by atoms with E-state index in [0.717, 1.165) is 4.57 Å². The van der Waals surface area contributed by atoms with Gasteiger partial charge in [0.25, 0.3) is 5.56 Å². The normalized spacial score (nSPS) is 18.3. The Morgan fingerprint density at radius 3 is 2.46 bits per heavy atom. The van der Waals surface area contributed by atoms with E-state index < -0.39 is 23.3 Å². The highest BCUT2D eigenvalue weighted by Gasteiger charge is 2.45. The van der Waals surface area contributed by atoms with Crippen LogP contribution in [0.1, 0.15) is 36.6 Å². The number of aryl methyl sites for hydroxylation is 2. The molecule has 14 nitrogen and oxygen atoms in total. The molecule has 50 heavy (non-hydrogen) atoms. The zero-order chi connectivity index (χ0) is 35.4. The van der Waals surface area contributed by atoms with Crippen LogP contribution in [0.25, 0.3) is 11.0 Å². The van der Waals surface area contributed by atoms with Crippen LogP contribution in [0, 0.1) is 0 Å². The van der Waals surface area contributed by atoms with Crippen LogP contribution in [0.5, 0.6) is 17.2 Å². The van der Waals surface area contributed by atoms with E-state index in [-0.39, 0.29) is 67.5 Å². The van der Waals surface area contributed by atoms with Crippen LogP contribution in [0.15, 0.2) is 85.2 Å². The molecule has 258 valence electrons. The predicted molar refractivity (Wildman–Crippen MR) is 181 cm³/mol. The molecule has 0 amide bonds. The molecule has 4 aromatic rings. The molecule has 2 atom stereocenters. The SMILES string of the molecule is COc1cc2nc(CCn3c(=O)n4n(c3=O)[C@@H]3CC5=C(C(=O)C(C)=CC5=O)[C@@H](c5ccccc5OCCO)C3=CC4)c(=O)n(C)c2cc1OC. The summed E-state index contributed by atoms with van der Waals surface area (Å²) in [7, 11) is 4.60. The first-order valence-corrected chi connectivity index (χ1v) is 16.2. The molecule has 0 unspecified atom stereocenters.